The van der Waals surface area contributed by atoms with Gasteiger partial charge in [-0.3, -0.25) is 0 Å². The Balaban J connectivity index is 2.61. The standard InChI is InChI=1S/C21H32O3/c1-6-10-18(22)11-8-7-9-12-19(24-15-21(3,4)5)20(23)17-13-16(2)14-17/h6,10,16-20,22-23H,12-15H2,1-5H3. The minimum atomic E-state index is -0.778. The van der Waals surface area contributed by atoms with Crippen LogP contribution in [0.4, 0.5) is 0 Å². The lowest BCUT2D eigenvalue weighted by Crippen LogP contribution is -2.42. The Kier molecular flexibility index (Phi) is 8.57. The lowest BCUT2D eigenvalue weighted by Gasteiger charge is -2.39. The molecule has 0 amide bonds. The Morgan fingerprint density at radius 3 is 2.42 bits per heavy atom. The Morgan fingerprint density at radius 1 is 1.21 bits per heavy atom. The molecule has 24 heavy (non-hydrogen) atoms. The average Bonchev–Trinajstić information content (AvgIpc) is 2.45. The smallest absolute Gasteiger partial charge is 0.134 e. The number of allylic oxidation sites excluding steroid dienone is 1. The highest BCUT2D eigenvalue weighted by Crippen LogP contribution is 2.37. The predicted molar refractivity (Wildman–Crippen MR) is 98.1 cm³/mol. The van der Waals surface area contributed by atoms with E-state index in [0.29, 0.717) is 24.9 Å². The normalized spacial score (nSPS) is 24.1. The molecule has 0 heterocycles. The van der Waals surface area contributed by atoms with E-state index in [-0.39, 0.29) is 11.5 Å². The van der Waals surface area contributed by atoms with Crippen molar-refractivity contribution >= 4 is 0 Å². The van der Waals surface area contributed by atoms with Gasteiger partial charge in [0, 0.05) is 6.42 Å². The van der Waals surface area contributed by atoms with Crippen molar-refractivity contribution in [2.75, 3.05) is 6.61 Å². The third-order valence-electron chi connectivity index (χ3n) is 4.05. The largest absolute Gasteiger partial charge is 0.390 e. The second-order valence-electron chi connectivity index (χ2n) is 7.98. The van der Waals surface area contributed by atoms with Gasteiger partial charge in [0.15, 0.2) is 0 Å². The summed E-state index contributed by atoms with van der Waals surface area (Å²) in [7, 11) is 0. The van der Waals surface area contributed by atoms with Gasteiger partial charge in [0.1, 0.15) is 6.10 Å². The van der Waals surface area contributed by atoms with E-state index in [1.54, 1.807) is 12.2 Å². The highest BCUT2D eigenvalue weighted by atomic mass is 16.5. The number of hydrogen-bond donors (Lipinski definition) is 2. The van der Waals surface area contributed by atoms with Crippen molar-refractivity contribution in [1.29, 1.82) is 0 Å². The average molecular weight is 332 g/mol. The van der Waals surface area contributed by atoms with Crippen molar-refractivity contribution in [1.82, 2.24) is 0 Å². The van der Waals surface area contributed by atoms with Gasteiger partial charge in [-0.05, 0) is 54.9 Å². The van der Waals surface area contributed by atoms with Crippen LogP contribution >= 0.6 is 0 Å². The van der Waals surface area contributed by atoms with Crippen LogP contribution in [0.3, 0.4) is 0 Å². The van der Waals surface area contributed by atoms with Crippen molar-refractivity contribution in [2.45, 2.75) is 72.2 Å². The maximum atomic E-state index is 10.6. The molecule has 3 nitrogen and oxygen atoms in total. The third kappa shape index (κ3) is 8.02. The molecular weight excluding hydrogens is 300 g/mol. The second-order valence-corrected chi connectivity index (χ2v) is 7.98. The van der Waals surface area contributed by atoms with E-state index in [1.165, 1.54) is 0 Å². The zero-order valence-electron chi connectivity index (χ0n) is 15.7. The molecule has 0 radical (unpaired) electrons. The number of ether oxygens (including phenoxy) is 1. The number of aliphatic hydroxyl groups is 2. The van der Waals surface area contributed by atoms with Crippen LogP contribution in [-0.4, -0.2) is 35.1 Å². The van der Waals surface area contributed by atoms with Gasteiger partial charge in [0.05, 0.1) is 18.8 Å². The molecule has 0 aromatic rings. The quantitative estimate of drug-likeness (QED) is 0.580. The zero-order chi connectivity index (χ0) is 18.2. The lowest BCUT2D eigenvalue weighted by molar-refractivity contribution is -0.0980. The molecule has 0 aromatic heterocycles. The molecule has 1 aliphatic rings. The van der Waals surface area contributed by atoms with Crippen molar-refractivity contribution in [3.8, 4) is 23.7 Å². The molecule has 1 aliphatic carbocycles. The monoisotopic (exact) mass is 332 g/mol. The van der Waals surface area contributed by atoms with Gasteiger partial charge in [-0.25, -0.2) is 0 Å². The van der Waals surface area contributed by atoms with Crippen LogP contribution < -0.4 is 0 Å². The van der Waals surface area contributed by atoms with Crippen LogP contribution in [0.25, 0.3) is 0 Å². The molecule has 0 aliphatic heterocycles. The summed E-state index contributed by atoms with van der Waals surface area (Å²) in [5.74, 6) is 12.0. The van der Waals surface area contributed by atoms with Gasteiger partial charge < -0.3 is 14.9 Å². The van der Waals surface area contributed by atoms with E-state index in [4.69, 9.17) is 4.74 Å². The van der Waals surface area contributed by atoms with Crippen LogP contribution in [0.1, 0.15) is 53.9 Å². The Labute approximate surface area is 147 Å². The summed E-state index contributed by atoms with van der Waals surface area (Å²) in [6.07, 6.45) is 4.38. The highest BCUT2D eigenvalue weighted by Gasteiger charge is 2.36. The van der Waals surface area contributed by atoms with E-state index in [2.05, 4.69) is 51.4 Å². The molecule has 0 spiro atoms. The molecule has 3 heteroatoms. The first-order valence-electron chi connectivity index (χ1n) is 8.82. The summed E-state index contributed by atoms with van der Waals surface area (Å²) in [5.41, 5.74) is 0.0503. The molecular formula is C21H32O3. The van der Waals surface area contributed by atoms with E-state index < -0.39 is 12.2 Å². The molecule has 3 atom stereocenters. The van der Waals surface area contributed by atoms with Crippen LogP contribution in [0.2, 0.25) is 0 Å². The molecule has 0 aromatic carbocycles. The highest BCUT2D eigenvalue weighted by molar-refractivity contribution is 5.29. The molecule has 1 rings (SSSR count). The minimum absolute atomic E-state index is 0.0503. The predicted octanol–water partition coefficient (Wildman–Crippen LogP) is 3.16. The summed E-state index contributed by atoms with van der Waals surface area (Å²) < 4.78 is 5.97. The molecule has 0 bridgehead atoms. The van der Waals surface area contributed by atoms with Crippen LogP contribution in [0.5, 0.6) is 0 Å². The second kappa shape index (κ2) is 9.90. The molecule has 0 saturated heterocycles. The lowest BCUT2D eigenvalue weighted by atomic mass is 9.71. The Morgan fingerprint density at radius 2 is 1.88 bits per heavy atom. The van der Waals surface area contributed by atoms with Gasteiger partial charge in [0.2, 0.25) is 0 Å². The minimum Gasteiger partial charge on any atom is -0.390 e. The molecule has 2 N–H and O–H groups in total. The molecule has 1 fully saturated rings. The topological polar surface area (TPSA) is 49.7 Å². The van der Waals surface area contributed by atoms with Gasteiger partial charge in [-0.1, -0.05) is 45.6 Å². The fourth-order valence-corrected chi connectivity index (χ4v) is 2.72. The van der Waals surface area contributed by atoms with Gasteiger partial charge in [0.25, 0.3) is 0 Å². The first-order valence-corrected chi connectivity index (χ1v) is 8.82. The maximum absolute atomic E-state index is 10.6. The van der Waals surface area contributed by atoms with E-state index in [9.17, 15) is 10.2 Å². The summed E-state index contributed by atoms with van der Waals surface area (Å²) in [6, 6.07) is 0. The number of aliphatic hydroxyl groups excluding tert-OH is 2. The van der Waals surface area contributed by atoms with Crippen molar-refractivity contribution in [3.05, 3.63) is 12.2 Å². The van der Waals surface area contributed by atoms with Crippen molar-refractivity contribution in [2.24, 2.45) is 17.3 Å². The maximum Gasteiger partial charge on any atom is 0.134 e. The van der Waals surface area contributed by atoms with E-state index >= 15 is 0 Å². The van der Waals surface area contributed by atoms with Gasteiger partial charge >= 0.3 is 0 Å². The summed E-state index contributed by atoms with van der Waals surface area (Å²) in [6.45, 7) is 11.0. The first-order chi connectivity index (χ1) is 11.2. The van der Waals surface area contributed by atoms with Gasteiger partial charge in [-0.15, -0.1) is 0 Å². The van der Waals surface area contributed by atoms with Crippen LogP contribution in [0, 0.1) is 40.9 Å². The van der Waals surface area contributed by atoms with Crippen molar-refractivity contribution in [3.63, 3.8) is 0 Å². The van der Waals surface area contributed by atoms with Gasteiger partial charge in [-0.2, -0.15) is 0 Å². The third-order valence-corrected chi connectivity index (χ3v) is 4.05. The summed E-state index contributed by atoms with van der Waals surface area (Å²) >= 11 is 0. The fourth-order valence-electron chi connectivity index (χ4n) is 2.72. The first kappa shape index (κ1) is 20.8. The van der Waals surface area contributed by atoms with Crippen LogP contribution in [0.15, 0.2) is 12.2 Å². The summed E-state index contributed by atoms with van der Waals surface area (Å²) in [4.78, 5) is 0. The van der Waals surface area contributed by atoms with E-state index in [1.807, 2.05) is 6.92 Å². The Hall–Kier alpha value is -1.26. The van der Waals surface area contributed by atoms with E-state index in [0.717, 1.165) is 12.8 Å². The number of rotatable bonds is 6. The molecule has 3 unspecified atom stereocenters. The van der Waals surface area contributed by atoms with Crippen LogP contribution in [-0.2, 0) is 4.74 Å². The SMILES string of the molecule is CC=CC(O)C#CC#CCC(OCC(C)(C)C)C(O)C1CC(C)C1. The number of hydrogen-bond acceptors (Lipinski definition) is 3. The zero-order valence-corrected chi connectivity index (χ0v) is 15.7. The van der Waals surface area contributed by atoms with Crippen molar-refractivity contribution < 1.29 is 14.9 Å². The molecule has 134 valence electrons. The molecule has 1 saturated carbocycles. The summed E-state index contributed by atoms with van der Waals surface area (Å²) in [5, 5.41) is 20.0. The Bertz CT molecular complexity index is 515. The fraction of sp³-hybridized carbons (Fsp3) is 0.714.